The van der Waals surface area contributed by atoms with Crippen molar-refractivity contribution in [2.24, 2.45) is 0 Å². The van der Waals surface area contributed by atoms with Crippen LogP contribution in [-0.2, 0) is 0 Å². The number of benzene rings is 2. The van der Waals surface area contributed by atoms with Gasteiger partial charge in [-0.1, -0.05) is 18.2 Å². The van der Waals surface area contributed by atoms with Gasteiger partial charge in [-0.3, -0.25) is 4.79 Å². The van der Waals surface area contributed by atoms with E-state index in [-0.39, 0.29) is 11.7 Å². The van der Waals surface area contributed by atoms with E-state index >= 15 is 0 Å². The maximum absolute atomic E-state index is 13.3. The molecule has 120 valence electrons. The third-order valence-corrected chi connectivity index (χ3v) is 4.08. The molecule has 1 saturated heterocycles. The highest BCUT2D eigenvalue weighted by Gasteiger charge is 2.24. The molecule has 1 aliphatic heterocycles. The molecule has 0 spiro atoms. The zero-order valence-corrected chi connectivity index (χ0v) is 13.0. The number of nitrogens with zero attached hydrogens (tertiary/aromatic N) is 2. The number of carbonyl (C=O) groups is 1. The largest absolute Gasteiger partial charge is 0.496 e. The van der Waals surface area contributed by atoms with Crippen LogP contribution in [0.3, 0.4) is 0 Å². The van der Waals surface area contributed by atoms with E-state index in [1.165, 1.54) is 12.1 Å². The number of hydrogen-bond donors (Lipinski definition) is 0. The van der Waals surface area contributed by atoms with Crippen molar-refractivity contribution < 1.29 is 13.9 Å². The fourth-order valence-corrected chi connectivity index (χ4v) is 2.83. The van der Waals surface area contributed by atoms with Crippen molar-refractivity contribution >= 4 is 11.6 Å². The molecule has 2 aromatic rings. The maximum atomic E-state index is 13.3. The first-order chi connectivity index (χ1) is 11.2. The number of piperazine rings is 1. The topological polar surface area (TPSA) is 32.8 Å². The molecule has 1 amide bonds. The Morgan fingerprint density at radius 1 is 1.04 bits per heavy atom. The van der Waals surface area contributed by atoms with Gasteiger partial charge >= 0.3 is 0 Å². The Morgan fingerprint density at radius 2 is 1.78 bits per heavy atom. The first-order valence-corrected chi connectivity index (χ1v) is 7.62. The molecule has 0 aliphatic carbocycles. The predicted molar refractivity (Wildman–Crippen MR) is 87.5 cm³/mol. The number of rotatable bonds is 3. The molecule has 0 unspecified atom stereocenters. The summed E-state index contributed by atoms with van der Waals surface area (Å²) in [5, 5.41) is 0. The second-order valence-corrected chi connectivity index (χ2v) is 5.46. The molecule has 1 fully saturated rings. The summed E-state index contributed by atoms with van der Waals surface area (Å²) in [5.74, 6) is 0.321. The van der Waals surface area contributed by atoms with Crippen molar-refractivity contribution in [1.82, 2.24) is 4.90 Å². The lowest BCUT2D eigenvalue weighted by Crippen LogP contribution is -2.48. The molecule has 0 saturated carbocycles. The zero-order valence-electron chi connectivity index (χ0n) is 13.0. The minimum atomic E-state index is -0.241. The summed E-state index contributed by atoms with van der Waals surface area (Å²) in [7, 11) is 1.56. The van der Waals surface area contributed by atoms with Gasteiger partial charge in [0.1, 0.15) is 11.6 Å². The average Bonchev–Trinajstić information content (AvgIpc) is 2.61. The van der Waals surface area contributed by atoms with E-state index in [0.717, 1.165) is 5.69 Å². The number of hydrogen-bond acceptors (Lipinski definition) is 3. The van der Waals surface area contributed by atoms with Gasteiger partial charge in [0.2, 0.25) is 0 Å². The number of methoxy groups -OCH3 is 1. The van der Waals surface area contributed by atoms with Crippen molar-refractivity contribution in [3.05, 3.63) is 59.9 Å². The summed E-state index contributed by atoms with van der Waals surface area (Å²) < 4.78 is 18.6. The molecule has 23 heavy (non-hydrogen) atoms. The monoisotopic (exact) mass is 314 g/mol. The second kappa shape index (κ2) is 6.69. The van der Waals surface area contributed by atoms with E-state index in [0.29, 0.717) is 37.5 Å². The Hall–Kier alpha value is -2.56. The minimum Gasteiger partial charge on any atom is -0.496 e. The van der Waals surface area contributed by atoms with Crippen molar-refractivity contribution in [2.75, 3.05) is 38.2 Å². The van der Waals surface area contributed by atoms with Gasteiger partial charge in [-0.2, -0.15) is 0 Å². The van der Waals surface area contributed by atoms with E-state index in [1.807, 2.05) is 23.1 Å². The van der Waals surface area contributed by atoms with Crippen LogP contribution in [0, 0.1) is 5.82 Å². The van der Waals surface area contributed by atoms with E-state index in [4.69, 9.17) is 4.74 Å². The molecule has 2 aromatic carbocycles. The van der Waals surface area contributed by atoms with Crippen LogP contribution >= 0.6 is 0 Å². The molecule has 0 aromatic heterocycles. The highest BCUT2D eigenvalue weighted by atomic mass is 19.1. The van der Waals surface area contributed by atoms with Crippen LogP contribution in [0.25, 0.3) is 0 Å². The number of halogens is 1. The molecule has 0 atom stereocenters. The molecular weight excluding hydrogens is 295 g/mol. The Bertz CT molecular complexity index is 697. The first kappa shape index (κ1) is 15.3. The van der Waals surface area contributed by atoms with Crippen molar-refractivity contribution in [1.29, 1.82) is 0 Å². The highest BCUT2D eigenvalue weighted by Crippen LogP contribution is 2.22. The van der Waals surface area contributed by atoms with E-state index in [2.05, 4.69) is 4.90 Å². The lowest BCUT2D eigenvalue weighted by atomic mass is 10.1. The summed E-state index contributed by atoms with van der Waals surface area (Å²) in [6.45, 7) is 2.58. The van der Waals surface area contributed by atoms with E-state index < -0.39 is 0 Å². The average molecular weight is 314 g/mol. The lowest BCUT2D eigenvalue weighted by molar-refractivity contribution is 0.0743. The Balaban J connectivity index is 1.68. The van der Waals surface area contributed by atoms with Gasteiger partial charge in [0.05, 0.1) is 12.7 Å². The molecular formula is C18H19FN2O2. The van der Waals surface area contributed by atoms with Gasteiger partial charge in [0, 0.05) is 31.9 Å². The van der Waals surface area contributed by atoms with Crippen molar-refractivity contribution in [2.45, 2.75) is 0 Å². The van der Waals surface area contributed by atoms with Crippen LogP contribution < -0.4 is 9.64 Å². The highest BCUT2D eigenvalue weighted by molar-refractivity contribution is 5.97. The van der Waals surface area contributed by atoms with Gasteiger partial charge in [-0.25, -0.2) is 4.39 Å². The van der Waals surface area contributed by atoms with E-state index in [1.54, 1.807) is 25.3 Å². The van der Waals surface area contributed by atoms with Gasteiger partial charge in [-0.15, -0.1) is 0 Å². The third kappa shape index (κ3) is 3.28. The number of carbonyl (C=O) groups excluding carboxylic acids is 1. The summed E-state index contributed by atoms with van der Waals surface area (Å²) >= 11 is 0. The predicted octanol–water partition coefficient (Wildman–Crippen LogP) is 2.80. The molecule has 0 N–H and O–H groups in total. The Kier molecular flexibility index (Phi) is 4.46. The van der Waals surface area contributed by atoms with Crippen LogP contribution in [-0.4, -0.2) is 44.1 Å². The Labute approximate surface area is 135 Å². The number of amides is 1. The Morgan fingerprint density at radius 3 is 2.48 bits per heavy atom. The van der Waals surface area contributed by atoms with Crippen LogP contribution in [0.4, 0.5) is 10.1 Å². The van der Waals surface area contributed by atoms with Crippen LogP contribution in [0.5, 0.6) is 5.75 Å². The van der Waals surface area contributed by atoms with Crippen LogP contribution in [0.15, 0.2) is 48.5 Å². The summed E-state index contributed by atoms with van der Waals surface area (Å²) in [5.41, 5.74) is 1.43. The normalized spacial score (nSPS) is 14.7. The molecule has 1 heterocycles. The molecule has 1 aliphatic rings. The molecule has 0 bridgehead atoms. The van der Waals surface area contributed by atoms with Gasteiger partial charge < -0.3 is 14.5 Å². The minimum absolute atomic E-state index is 0.0265. The van der Waals surface area contributed by atoms with Gasteiger partial charge in [0.25, 0.3) is 5.91 Å². The number of ether oxygens (including phenoxy) is 1. The number of anilines is 1. The SMILES string of the molecule is COc1ccccc1C(=O)N1CCN(c2cccc(F)c2)CC1. The molecule has 4 nitrogen and oxygen atoms in total. The first-order valence-electron chi connectivity index (χ1n) is 7.62. The summed E-state index contributed by atoms with van der Waals surface area (Å²) in [6, 6.07) is 13.8. The lowest BCUT2D eigenvalue weighted by Gasteiger charge is -2.36. The van der Waals surface area contributed by atoms with Crippen molar-refractivity contribution in [3.8, 4) is 5.75 Å². The fraction of sp³-hybridized carbons (Fsp3) is 0.278. The number of para-hydroxylation sites is 1. The summed E-state index contributed by atoms with van der Waals surface area (Å²) in [6.07, 6.45) is 0. The maximum Gasteiger partial charge on any atom is 0.257 e. The quantitative estimate of drug-likeness (QED) is 0.873. The van der Waals surface area contributed by atoms with Crippen molar-refractivity contribution in [3.63, 3.8) is 0 Å². The van der Waals surface area contributed by atoms with Gasteiger partial charge in [0.15, 0.2) is 0 Å². The zero-order chi connectivity index (χ0) is 16.2. The molecule has 0 radical (unpaired) electrons. The third-order valence-electron chi connectivity index (χ3n) is 4.08. The molecule has 3 rings (SSSR count). The smallest absolute Gasteiger partial charge is 0.257 e. The second-order valence-electron chi connectivity index (χ2n) is 5.46. The van der Waals surface area contributed by atoms with E-state index in [9.17, 15) is 9.18 Å². The standard InChI is InChI=1S/C18H19FN2O2/c1-23-17-8-3-2-7-16(17)18(22)21-11-9-20(10-12-21)15-6-4-5-14(19)13-15/h2-8,13H,9-12H2,1H3. The van der Waals surface area contributed by atoms with Crippen LogP contribution in [0.2, 0.25) is 0 Å². The van der Waals surface area contributed by atoms with Crippen LogP contribution in [0.1, 0.15) is 10.4 Å². The summed E-state index contributed by atoms with van der Waals surface area (Å²) in [4.78, 5) is 16.5. The molecule has 5 heteroatoms. The fourth-order valence-electron chi connectivity index (χ4n) is 2.83. The van der Waals surface area contributed by atoms with Gasteiger partial charge in [-0.05, 0) is 30.3 Å².